The molecule has 2 aromatic heterocycles. The van der Waals surface area contributed by atoms with Crippen molar-refractivity contribution in [2.45, 2.75) is 6.42 Å². The second kappa shape index (κ2) is 7.47. The van der Waals surface area contributed by atoms with Crippen LogP contribution in [0.15, 0.2) is 60.2 Å². The topological polar surface area (TPSA) is 84.0 Å². The highest BCUT2D eigenvalue weighted by molar-refractivity contribution is 7.10. The van der Waals surface area contributed by atoms with E-state index in [-0.39, 0.29) is 11.8 Å². The molecular weight excluding hydrogens is 324 g/mol. The van der Waals surface area contributed by atoms with Gasteiger partial charge in [0.2, 0.25) is 5.91 Å². The zero-order chi connectivity index (χ0) is 16.8. The Morgan fingerprint density at radius 1 is 0.958 bits per heavy atom. The van der Waals surface area contributed by atoms with Gasteiger partial charge in [-0.3, -0.25) is 9.59 Å². The molecule has 2 amide bonds. The van der Waals surface area contributed by atoms with Gasteiger partial charge in [0.05, 0.1) is 35.8 Å². The molecule has 6 nitrogen and oxygen atoms in total. The minimum atomic E-state index is -0.315. The zero-order valence-corrected chi connectivity index (χ0v) is 13.4. The van der Waals surface area contributed by atoms with Gasteiger partial charge in [0.1, 0.15) is 0 Å². The highest BCUT2D eigenvalue weighted by Gasteiger charge is 2.11. The summed E-state index contributed by atoms with van der Waals surface area (Å²) in [6.07, 6.45) is 3.13. The summed E-state index contributed by atoms with van der Waals surface area (Å²) in [5.41, 5.74) is 1.47. The minimum absolute atomic E-state index is 0.135. The second-order valence-electron chi connectivity index (χ2n) is 4.94. The number of aromatic nitrogens is 2. The van der Waals surface area contributed by atoms with Crippen LogP contribution < -0.4 is 10.6 Å². The number of rotatable bonds is 5. The van der Waals surface area contributed by atoms with Crippen molar-refractivity contribution in [1.29, 1.82) is 0 Å². The summed E-state index contributed by atoms with van der Waals surface area (Å²) in [4.78, 5) is 25.4. The minimum Gasteiger partial charge on any atom is -0.324 e. The van der Waals surface area contributed by atoms with E-state index in [1.165, 1.54) is 23.7 Å². The van der Waals surface area contributed by atoms with Gasteiger partial charge in [0, 0.05) is 4.88 Å². The first-order valence-corrected chi connectivity index (χ1v) is 8.09. The average molecular weight is 338 g/mol. The van der Waals surface area contributed by atoms with Gasteiger partial charge in [-0.15, -0.1) is 11.3 Å². The Balaban J connectivity index is 1.71. The first-order chi connectivity index (χ1) is 11.7. The molecule has 0 bridgehead atoms. The van der Waals surface area contributed by atoms with Gasteiger partial charge < -0.3 is 10.6 Å². The molecule has 3 rings (SSSR count). The second-order valence-corrected chi connectivity index (χ2v) is 5.97. The van der Waals surface area contributed by atoms with E-state index >= 15 is 0 Å². The normalized spacial score (nSPS) is 10.2. The molecule has 0 saturated heterocycles. The average Bonchev–Trinajstić information content (AvgIpc) is 3.10. The van der Waals surface area contributed by atoms with Gasteiger partial charge in [-0.05, 0) is 29.6 Å². The number of anilines is 2. The lowest BCUT2D eigenvalue weighted by molar-refractivity contribution is -0.115. The summed E-state index contributed by atoms with van der Waals surface area (Å²) < 4.78 is 0. The van der Waals surface area contributed by atoms with Crippen LogP contribution in [-0.2, 0) is 11.2 Å². The van der Waals surface area contributed by atoms with E-state index in [0.29, 0.717) is 23.4 Å². The van der Waals surface area contributed by atoms with Crippen LogP contribution in [0.1, 0.15) is 15.2 Å². The van der Waals surface area contributed by atoms with E-state index in [4.69, 9.17) is 0 Å². The fourth-order valence-electron chi connectivity index (χ4n) is 2.09. The lowest BCUT2D eigenvalue weighted by Crippen LogP contribution is -2.17. The molecule has 0 aliphatic heterocycles. The summed E-state index contributed by atoms with van der Waals surface area (Å²) in [6, 6.07) is 12.4. The van der Waals surface area contributed by atoms with Gasteiger partial charge in [-0.2, -0.15) is 10.2 Å². The third-order valence-electron chi connectivity index (χ3n) is 3.21. The Bertz CT molecular complexity index is 835. The molecule has 0 aliphatic rings. The number of hydrogen-bond acceptors (Lipinski definition) is 5. The highest BCUT2D eigenvalue weighted by atomic mass is 32.1. The Labute approximate surface area is 142 Å². The number of para-hydroxylation sites is 2. The predicted octanol–water partition coefficient (Wildman–Crippen LogP) is 2.97. The SMILES string of the molecule is O=C(Cc1cccs1)Nc1ccccc1NC(=O)c1ccnnc1. The van der Waals surface area contributed by atoms with E-state index in [9.17, 15) is 9.59 Å². The van der Waals surface area contributed by atoms with Crippen molar-refractivity contribution in [3.8, 4) is 0 Å². The number of nitrogens with one attached hydrogen (secondary N) is 2. The fourth-order valence-corrected chi connectivity index (χ4v) is 2.79. The molecule has 24 heavy (non-hydrogen) atoms. The van der Waals surface area contributed by atoms with Crippen LogP contribution in [-0.4, -0.2) is 22.0 Å². The molecule has 0 fully saturated rings. The van der Waals surface area contributed by atoms with E-state index < -0.39 is 0 Å². The number of thiophene rings is 1. The Morgan fingerprint density at radius 2 is 1.75 bits per heavy atom. The van der Waals surface area contributed by atoms with E-state index in [1.807, 2.05) is 17.5 Å². The Kier molecular flexibility index (Phi) is 4.93. The number of hydrogen-bond donors (Lipinski definition) is 2. The van der Waals surface area contributed by atoms with Crippen molar-refractivity contribution in [2.75, 3.05) is 10.6 Å². The van der Waals surface area contributed by atoms with Crippen molar-refractivity contribution >= 4 is 34.5 Å². The maximum Gasteiger partial charge on any atom is 0.257 e. The molecule has 0 unspecified atom stereocenters. The quantitative estimate of drug-likeness (QED) is 0.749. The molecule has 3 aromatic rings. The Morgan fingerprint density at radius 3 is 2.42 bits per heavy atom. The van der Waals surface area contributed by atoms with Crippen LogP contribution in [0, 0.1) is 0 Å². The maximum absolute atomic E-state index is 12.2. The molecule has 2 N–H and O–H groups in total. The molecule has 120 valence electrons. The van der Waals surface area contributed by atoms with Crippen LogP contribution in [0.5, 0.6) is 0 Å². The van der Waals surface area contributed by atoms with Crippen LogP contribution in [0.3, 0.4) is 0 Å². The van der Waals surface area contributed by atoms with Gasteiger partial charge in [0.25, 0.3) is 5.91 Å². The zero-order valence-electron chi connectivity index (χ0n) is 12.6. The molecule has 0 saturated carbocycles. The van der Waals surface area contributed by atoms with E-state index in [1.54, 1.807) is 30.3 Å². The van der Waals surface area contributed by atoms with Crippen LogP contribution in [0.4, 0.5) is 11.4 Å². The van der Waals surface area contributed by atoms with Crippen molar-refractivity contribution in [2.24, 2.45) is 0 Å². The molecule has 0 atom stereocenters. The molecule has 1 aromatic carbocycles. The van der Waals surface area contributed by atoms with Gasteiger partial charge >= 0.3 is 0 Å². The fraction of sp³-hybridized carbons (Fsp3) is 0.0588. The number of carbonyl (C=O) groups excluding carboxylic acids is 2. The van der Waals surface area contributed by atoms with Crippen molar-refractivity contribution in [3.05, 3.63) is 70.7 Å². The van der Waals surface area contributed by atoms with Gasteiger partial charge in [-0.25, -0.2) is 0 Å². The van der Waals surface area contributed by atoms with Crippen molar-refractivity contribution < 1.29 is 9.59 Å². The van der Waals surface area contributed by atoms with Crippen LogP contribution >= 0.6 is 11.3 Å². The molecule has 7 heteroatoms. The first-order valence-electron chi connectivity index (χ1n) is 7.21. The summed E-state index contributed by atoms with van der Waals surface area (Å²) in [5, 5.41) is 14.9. The van der Waals surface area contributed by atoms with Crippen LogP contribution in [0.25, 0.3) is 0 Å². The summed E-state index contributed by atoms with van der Waals surface area (Å²) in [5.74, 6) is -0.449. The molecule has 0 spiro atoms. The van der Waals surface area contributed by atoms with Crippen molar-refractivity contribution in [1.82, 2.24) is 10.2 Å². The molecule has 0 radical (unpaired) electrons. The molecule has 2 heterocycles. The third-order valence-corrected chi connectivity index (χ3v) is 4.09. The summed E-state index contributed by atoms with van der Waals surface area (Å²) >= 11 is 1.53. The smallest absolute Gasteiger partial charge is 0.257 e. The molecular formula is C17H14N4O2S. The monoisotopic (exact) mass is 338 g/mol. The van der Waals surface area contributed by atoms with Crippen molar-refractivity contribution in [3.63, 3.8) is 0 Å². The largest absolute Gasteiger partial charge is 0.324 e. The number of benzene rings is 1. The maximum atomic E-state index is 12.2. The predicted molar refractivity (Wildman–Crippen MR) is 93.1 cm³/mol. The Hall–Kier alpha value is -3.06. The van der Waals surface area contributed by atoms with Gasteiger partial charge in [-0.1, -0.05) is 18.2 Å². The van der Waals surface area contributed by atoms with Gasteiger partial charge in [0.15, 0.2) is 0 Å². The lowest BCUT2D eigenvalue weighted by Gasteiger charge is -2.12. The standard InChI is InChI=1S/C17H14N4O2S/c22-16(10-13-4-3-9-24-13)20-14-5-1-2-6-15(14)21-17(23)12-7-8-18-19-11-12/h1-9,11H,10H2,(H,20,22)(H,21,23). The van der Waals surface area contributed by atoms with Crippen LogP contribution in [0.2, 0.25) is 0 Å². The number of carbonyl (C=O) groups is 2. The van der Waals surface area contributed by atoms with E-state index in [0.717, 1.165) is 4.88 Å². The number of amides is 2. The summed E-state index contributed by atoms with van der Waals surface area (Å²) in [7, 11) is 0. The lowest BCUT2D eigenvalue weighted by atomic mass is 10.2. The third kappa shape index (κ3) is 4.02. The van der Waals surface area contributed by atoms with E-state index in [2.05, 4.69) is 20.8 Å². The summed E-state index contributed by atoms with van der Waals surface area (Å²) in [6.45, 7) is 0. The first kappa shape index (κ1) is 15.8. The highest BCUT2D eigenvalue weighted by Crippen LogP contribution is 2.22. The number of nitrogens with zero attached hydrogens (tertiary/aromatic N) is 2. The molecule has 0 aliphatic carbocycles.